The fraction of sp³-hybridized carbons (Fsp3) is 0.593. The van der Waals surface area contributed by atoms with Crippen molar-refractivity contribution in [3.05, 3.63) is 51.6 Å². The van der Waals surface area contributed by atoms with Crippen LogP contribution in [-0.2, 0) is 6.42 Å². The molecule has 1 aromatic heterocycles. The van der Waals surface area contributed by atoms with E-state index in [1.807, 2.05) is 0 Å². The Kier molecular flexibility index (Phi) is 9.01. The van der Waals surface area contributed by atoms with Crippen molar-refractivity contribution in [2.75, 3.05) is 0 Å². The lowest BCUT2D eigenvalue weighted by atomic mass is 9.79. The highest BCUT2D eigenvalue weighted by atomic mass is 19.2. The Balaban J connectivity index is 1.80. The van der Waals surface area contributed by atoms with Gasteiger partial charge in [-0.2, -0.15) is 0 Å². The van der Waals surface area contributed by atoms with Crippen LogP contribution in [0.2, 0.25) is 0 Å². The van der Waals surface area contributed by atoms with Gasteiger partial charge in [-0.15, -0.1) is 0 Å². The second-order valence-corrected chi connectivity index (χ2v) is 9.22. The zero-order chi connectivity index (χ0) is 23.1. The van der Waals surface area contributed by atoms with Crippen LogP contribution >= 0.6 is 0 Å². The lowest BCUT2D eigenvalue weighted by molar-refractivity contribution is 0.261. The number of benzene rings is 1. The van der Waals surface area contributed by atoms with Crippen LogP contribution in [-0.4, -0.2) is 0 Å². The van der Waals surface area contributed by atoms with Crippen LogP contribution in [0.5, 0.6) is 0 Å². The van der Waals surface area contributed by atoms with Gasteiger partial charge in [-0.1, -0.05) is 58.4 Å². The molecule has 2 nitrogen and oxygen atoms in total. The van der Waals surface area contributed by atoms with E-state index in [1.54, 1.807) is 6.07 Å². The molecule has 0 amide bonds. The van der Waals surface area contributed by atoms with Gasteiger partial charge >= 0.3 is 5.63 Å². The second kappa shape index (κ2) is 11.7. The molecule has 0 radical (unpaired) electrons. The van der Waals surface area contributed by atoms with Crippen molar-refractivity contribution in [1.29, 1.82) is 0 Å². The average molecular weight is 449 g/mol. The van der Waals surface area contributed by atoms with E-state index < -0.39 is 34.6 Å². The lowest BCUT2D eigenvalue weighted by Crippen LogP contribution is -2.15. The second-order valence-electron chi connectivity index (χ2n) is 9.22. The van der Waals surface area contributed by atoms with Crippen LogP contribution in [0.15, 0.2) is 33.2 Å². The maximum absolute atomic E-state index is 15.1. The van der Waals surface area contributed by atoms with Gasteiger partial charge in [0, 0.05) is 17.9 Å². The number of unbranched alkanes of at least 4 members (excludes halogenated alkanes) is 4. The first-order valence-corrected chi connectivity index (χ1v) is 12.3. The van der Waals surface area contributed by atoms with Crippen LogP contribution in [0.4, 0.5) is 13.2 Å². The standard InChI is InChI=1S/C27H35F3O2/c1-3-5-6-7-8-10-21-17-20-15-16-22(25(29)23(20)27(31)32-21)26(30)24(28)19-13-11-18(9-4-2)12-14-19/h15-19H,3-14H2,1-2H3/b26-24+. The number of hydrogen-bond donors (Lipinski definition) is 0. The minimum Gasteiger partial charge on any atom is -0.427 e. The Morgan fingerprint density at radius 3 is 2.41 bits per heavy atom. The molecule has 0 bridgehead atoms. The Bertz CT molecular complexity index is 984. The Hall–Kier alpha value is -2.04. The van der Waals surface area contributed by atoms with Gasteiger partial charge in [-0.05, 0) is 55.5 Å². The topological polar surface area (TPSA) is 30.2 Å². The van der Waals surface area contributed by atoms with Gasteiger partial charge in [0.1, 0.15) is 22.8 Å². The third-order valence-electron chi connectivity index (χ3n) is 6.79. The first kappa shape index (κ1) is 24.6. The van der Waals surface area contributed by atoms with Crippen molar-refractivity contribution < 1.29 is 17.6 Å². The summed E-state index contributed by atoms with van der Waals surface area (Å²) in [5.74, 6) is -2.59. The minimum atomic E-state index is -1.19. The van der Waals surface area contributed by atoms with E-state index >= 15 is 4.39 Å². The molecule has 1 aliphatic rings. The minimum absolute atomic E-state index is 0.313. The predicted molar refractivity (Wildman–Crippen MR) is 124 cm³/mol. The Morgan fingerprint density at radius 1 is 1.00 bits per heavy atom. The summed E-state index contributed by atoms with van der Waals surface area (Å²) in [6.07, 6.45) is 11.1. The van der Waals surface area contributed by atoms with Gasteiger partial charge in [-0.25, -0.2) is 18.0 Å². The molecule has 0 saturated heterocycles. The molecule has 32 heavy (non-hydrogen) atoms. The third-order valence-corrected chi connectivity index (χ3v) is 6.79. The van der Waals surface area contributed by atoms with E-state index in [-0.39, 0.29) is 5.39 Å². The lowest BCUT2D eigenvalue weighted by Gasteiger charge is -2.27. The SMILES string of the molecule is CCCCCCCc1cc2ccc(/C(F)=C(\F)C3CCC(CCC)CC3)c(F)c2c(=O)o1. The summed E-state index contributed by atoms with van der Waals surface area (Å²) in [6, 6.07) is 4.35. The average Bonchev–Trinajstić information content (AvgIpc) is 2.79. The Morgan fingerprint density at radius 2 is 1.72 bits per heavy atom. The van der Waals surface area contributed by atoms with Crippen molar-refractivity contribution in [3.8, 4) is 0 Å². The molecule has 1 fully saturated rings. The van der Waals surface area contributed by atoms with Gasteiger partial charge < -0.3 is 4.42 Å². The molecule has 1 saturated carbocycles. The summed E-state index contributed by atoms with van der Waals surface area (Å²) in [5, 5.41) is 0.0474. The highest BCUT2D eigenvalue weighted by Gasteiger charge is 2.28. The van der Waals surface area contributed by atoms with E-state index in [2.05, 4.69) is 13.8 Å². The number of allylic oxidation sites excluding steroid dienone is 1. The molecule has 0 spiro atoms. The largest absolute Gasteiger partial charge is 0.427 e. The van der Waals surface area contributed by atoms with Crippen LogP contribution in [0, 0.1) is 17.7 Å². The van der Waals surface area contributed by atoms with Gasteiger partial charge in [0.05, 0.1) is 0 Å². The molecule has 5 heteroatoms. The van der Waals surface area contributed by atoms with Crippen molar-refractivity contribution in [2.24, 2.45) is 11.8 Å². The van der Waals surface area contributed by atoms with Crippen LogP contribution in [0.1, 0.15) is 95.8 Å². The van der Waals surface area contributed by atoms with Gasteiger partial charge in [0.15, 0.2) is 5.83 Å². The molecule has 2 aromatic rings. The predicted octanol–water partition coefficient (Wildman–Crippen LogP) is 8.66. The molecule has 0 atom stereocenters. The molecule has 0 aliphatic heterocycles. The normalized spacial score (nSPS) is 19.9. The smallest absolute Gasteiger partial charge is 0.346 e. The first-order valence-electron chi connectivity index (χ1n) is 12.3. The molecular formula is C27H35F3O2. The van der Waals surface area contributed by atoms with Crippen molar-refractivity contribution in [2.45, 2.75) is 90.9 Å². The summed E-state index contributed by atoms with van der Waals surface area (Å²) in [5.41, 5.74) is -1.33. The molecule has 0 unspecified atom stereocenters. The summed E-state index contributed by atoms with van der Waals surface area (Å²) in [6.45, 7) is 4.27. The van der Waals surface area contributed by atoms with Gasteiger partial charge in [0.2, 0.25) is 0 Å². The molecule has 1 heterocycles. The number of aryl methyl sites for hydroxylation is 1. The van der Waals surface area contributed by atoms with Crippen LogP contribution < -0.4 is 5.63 Å². The highest BCUT2D eigenvalue weighted by molar-refractivity contribution is 5.85. The van der Waals surface area contributed by atoms with E-state index in [1.165, 1.54) is 18.6 Å². The molecule has 176 valence electrons. The maximum Gasteiger partial charge on any atom is 0.346 e. The zero-order valence-electron chi connectivity index (χ0n) is 19.3. The molecule has 1 aliphatic carbocycles. The van der Waals surface area contributed by atoms with Crippen molar-refractivity contribution >= 4 is 16.6 Å². The summed E-state index contributed by atoms with van der Waals surface area (Å²) in [7, 11) is 0. The fourth-order valence-corrected chi connectivity index (χ4v) is 4.91. The zero-order valence-corrected chi connectivity index (χ0v) is 19.3. The van der Waals surface area contributed by atoms with Gasteiger partial charge in [0.25, 0.3) is 0 Å². The molecule has 0 N–H and O–H groups in total. The monoisotopic (exact) mass is 448 g/mol. The van der Waals surface area contributed by atoms with Gasteiger partial charge in [-0.3, -0.25) is 0 Å². The number of rotatable bonds is 10. The summed E-state index contributed by atoms with van der Waals surface area (Å²) in [4.78, 5) is 12.5. The van der Waals surface area contributed by atoms with E-state index in [0.29, 0.717) is 36.3 Å². The molecule has 3 rings (SSSR count). The van der Waals surface area contributed by atoms with E-state index in [4.69, 9.17) is 4.42 Å². The quantitative estimate of drug-likeness (QED) is 0.340. The van der Waals surface area contributed by atoms with E-state index in [9.17, 15) is 13.6 Å². The molecular weight excluding hydrogens is 413 g/mol. The molecule has 1 aromatic carbocycles. The van der Waals surface area contributed by atoms with Crippen LogP contribution in [0.3, 0.4) is 0 Å². The van der Waals surface area contributed by atoms with E-state index in [0.717, 1.165) is 51.4 Å². The van der Waals surface area contributed by atoms with Crippen molar-refractivity contribution in [1.82, 2.24) is 0 Å². The first-order chi connectivity index (χ1) is 15.5. The Labute approximate surface area is 188 Å². The number of halogens is 3. The summed E-state index contributed by atoms with van der Waals surface area (Å²) < 4.78 is 50.2. The highest BCUT2D eigenvalue weighted by Crippen LogP contribution is 2.39. The fourth-order valence-electron chi connectivity index (χ4n) is 4.91. The number of hydrogen-bond acceptors (Lipinski definition) is 2. The maximum atomic E-state index is 15.1. The summed E-state index contributed by atoms with van der Waals surface area (Å²) >= 11 is 0. The van der Waals surface area contributed by atoms with Crippen LogP contribution in [0.25, 0.3) is 16.6 Å². The third kappa shape index (κ3) is 5.85. The number of fused-ring (bicyclic) bond motifs is 1. The van der Waals surface area contributed by atoms with Crippen molar-refractivity contribution in [3.63, 3.8) is 0 Å².